The van der Waals surface area contributed by atoms with Crippen LogP contribution in [0.15, 0.2) is 40.1 Å². The molecule has 0 atom stereocenters. The molecule has 0 fully saturated rings. The van der Waals surface area contributed by atoms with E-state index in [1.54, 1.807) is 30.5 Å². The monoisotopic (exact) mass is 412 g/mol. The Bertz CT molecular complexity index is 1200. The topological polar surface area (TPSA) is 104 Å². The lowest BCUT2D eigenvalue weighted by Gasteiger charge is -2.14. The first kappa shape index (κ1) is 21.1. The summed E-state index contributed by atoms with van der Waals surface area (Å²) in [7, 11) is 2.96. The first-order chi connectivity index (χ1) is 14.4. The van der Waals surface area contributed by atoms with Gasteiger partial charge in [0.25, 0.3) is 5.56 Å². The molecule has 3 aromatic rings. The Kier molecular flexibility index (Phi) is 6.20. The number of amides is 1. The van der Waals surface area contributed by atoms with Gasteiger partial charge >= 0.3 is 5.69 Å². The molecule has 0 saturated heterocycles. The van der Waals surface area contributed by atoms with Gasteiger partial charge in [-0.05, 0) is 37.6 Å². The third-order valence-electron chi connectivity index (χ3n) is 4.72. The highest BCUT2D eigenvalue weighted by atomic mass is 16.5. The Morgan fingerprint density at radius 1 is 1.17 bits per heavy atom. The number of nitrogens with one attached hydrogen (secondary N) is 1. The van der Waals surface area contributed by atoms with Gasteiger partial charge in [-0.3, -0.25) is 14.2 Å². The lowest BCUT2D eigenvalue weighted by Crippen LogP contribution is -2.42. The van der Waals surface area contributed by atoms with E-state index in [1.165, 1.54) is 18.7 Å². The Balaban J connectivity index is 1.98. The first-order valence-electron chi connectivity index (χ1n) is 9.59. The zero-order chi connectivity index (χ0) is 21.8. The average Bonchev–Trinajstić information content (AvgIpc) is 2.75. The molecule has 2 heterocycles. The Morgan fingerprint density at radius 3 is 2.47 bits per heavy atom. The number of fused-ring (bicyclic) bond motifs is 1. The summed E-state index contributed by atoms with van der Waals surface area (Å²) in [5.74, 6) is 0.543. The number of methoxy groups -OCH3 is 1. The maximum absolute atomic E-state index is 13.1. The van der Waals surface area contributed by atoms with Crippen LogP contribution in [0.5, 0.6) is 11.5 Å². The SMILES string of the molecule is CCOc1ccc(NC(=O)Cn2c(=O)c3c(OC)c(CC)cnc3n(C)c2=O)cc1. The zero-order valence-corrected chi connectivity index (χ0v) is 17.4. The summed E-state index contributed by atoms with van der Waals surface area (Å²) in [5.41, 5.74) is 0.234. The fourth-order valence-electron chi connectivity index (χ4n) is 3.23. The van der Waals surface area contributed by atoms with Crippen molar-refractivity contribution in [2.45, 2.75) is 26.8 Å². The lowest BCUT2D eigenvalue weighted by atomic mass is 10.1. The molecule has 3 rings (SSSR count). The molecule has 0 bridgehead atoms. The van der Waals surface area contributed by atoms with Crippen molar-refractivity contribution in [1.82, 2.24) is 14.1 Å². The van der Waals surface area contributed by atoms with Crippen molar-refractivity contribution >= 4 is 22.6 Å². The summed E-state index contributed by atoms with van der Waals surface area (Å²) in [4.78, 5) is 42.6. The summed E-state index contributed by atoms with van der Waals surface area (Å²) in [5, 5.41) is 2.86. The quantitative estimate of drug-likeness (QED) is 0.633. The highest BCUT2D eigenvalue weighted by Gasteiger charge is 2.20. The maximum Gasteiger partial charge on any atom is 0.332 e. The maximum atomic E-state index is 13.1. The van der Waals surface area contributed by atoms with Crippen molar-refractivity contribution in [2.75, 3.05) is 19.0 Å². The van der Waals surface area contributed by atoms with Gasteiger partial charge in [0, 0.05) is 24.5 Å². The molecular formula is C21H24N4O5. The minimum absolute atomic E-state index is 0.174. The minimum Gasteiger partial charge on any atom is -0.495 e. The fraction of sp³-hybridized carbons (Fsp3) is 0.333. The number of rotatable bonds is 7. The van der Waals surface area contributed by atoms with E-state index in [1.807, 2.05) is 13.8 Å². The van der Waals surface area contributed by atoms with Crippen molar-refractivity contribution in [2.24, 2.45) is 7.05 Å². The van der Waals surface area contributed by atoms with Crippen LogP contribution < -0.4 is 26.0 Å². The van der Waals surface area contributed by atoms with E-state index in [2.05, 4.69) is 10.3 Å². The Hall–Kier alpha value is -3.62. The van der Waals surface area contributed by atoms with Crippen LogP contribution in [-0.2, 0) is 24.8 Å². The van der Waals surface area contributed by atoms with Gasteiger partial charge in [0.15, 0.2) is 5.65 Å². The second-order valence-corrected chi connectivity index (χ2v) is 6.61. The van der Waals surface area contributed by atoms with E-state index >= 15 is 0 Å². The number of carbonyl (C=O) groups excluding carboxylic acids is 1. The van der Waals surface area contributed by atoms with Crippen LogP contribution in [0.25, 0.3) is 11.0 Å². The van der Waals surface area contributed by atoms with Crippen LogP contribution in [0.1, 0.15) is 19.4 Å². The smallest absolute Gasteiger partial charge is 0.332 e. The summed E-state index contributed by atoms with van der Waals surface area (Å²) in [6.07, 6.45) is 2.19. The fourth-order valence-corrected chi connectivity index (χ4v) is 3.23. The number of pyridine rings is 1. The van der Waals surface area contributed by atoms with Crippen LogP contribution in [0.4, 0.5) is 5.69 Å². The largest absolute Gasteiger partial charge is 0.495 e. The highest BCUT2D eigenvalue weighted by Crippen LogP contribution is 2.25. The molecular weight excluding hydrogens is 388 g/mol. The molecule has 1 amide bonds. The standard InChI is InChI=1S/C21H24N4O5/c1-5-13-11-22-19-17(18(13)29-4)20(27)25(21(28)24(19)3)12-16(26)23-14-7-9-15(10-8-14)30-6-2/h7-11H,5-6,12H2,1-4H3,(H,23,26). The number of hydrogen-bond acceptors (Lipinski definition) is 6. The summed E-state index contributed by atoms with van der Waals surface area (Å²) >= 11 is 0. The third kappa shape index (κ3) is 3.91. The van der Waals surface area contributed by atoms with E-state index in [0.717, 1.165) is 10.1 Å². The molecule has 0 saturated carbocycles. The molecule has 0 aliphatic rings. The van der Waals surface area contributed by atoms with Crippen molar-refractivity contribution in [3.63, 3.8) is 0 Å². The van der Waals surface area contributed by atoms with Crippen molar-refractivity contribution in [3.8, 4) is 11.5 Å². The Labute approximate surface area is 172 Å². The number of benzene rings is 1. The van der Waals surface area contributed by atoms with E-state index < -0.39 is 23.7 Å². The molecule has 30 heavy (non-hydrogen) atoms. The van der Waals surface area contributed by atoms with Crippen LogP contribution in [0, 0.1) is 0 Å². The van der Waals surface area contributed by atoms with Gasteiger partial charge in [0.2, 0.25) is 5.91 Å². The van der Waals surface area contributed by atoms with Gasteiger partial charge < -0.3 is 14.8 Å². The number of aryl methyl sites for hydroxylation is 2. The predicted octanol–water partition coefficient (Wildman–Crippen LogP) is 1.70. The van der Waals surface area contributed by atoms with Crippen molar-refractivity contribution < 1.29 is 14.3 Å². The molecule has 0 spiro atoms. The van der Waals surface area contributed by atoms with Gasteiger partial charge in [-0.2, -0.15) is 0 Å². The number of nitrogens with zero attached hydrogens (tertiary/aromatic N) is 3. The molecule has 0 radical (unpaired) electrons. The number of ether oxygens (including phenoxy) is 2. The van der Waals surface area contributed by atoms with Gasteiger partial charge in [-0.15, -0.1) is 0 Å². The molecule has 158 valence electrons. The van der Waals surface area contributed by atoms with Crippen LogP contribution in [0.3, 0.4) is 0 Å². The third-order valence-corrected chi connectivity index (χ3v) is 4.72. The van der Waals surface area contributed by atoms with Crippen LogP contribution in [0.2, 0.25) is 0 Å². The second-order valence-electron chi connectivity index (χ2n) is 6.61. The molecule has 1 aromatic carbocycles. The first-order valence-corrected chi connectivity index (χ1v) is 9.59. The molecule has 1 N–H and O–H groups in total. The predicted molar refractivity (Wildman–Crippen MR) is 113 cm³/mol. The van der Waals surface area contributed by atoms with E-state index in [4.69, 9.17) is 9.47 Å². The second kappa shape index (κ2) is 8.81. The Morgan fingerprint density at radius 2 is 1.87 bits per heavy atom. The van der Waals surface area contributed by atoms with Gasteiger partial charge in [0.1, 0.15) is 23.4 Å². The summed E-state index contributed by atoms with van der Waals surface area (Å²) in [6, 6.07) is 6.82. The normalized spacial score (nSPS) is 10.8. The zero-order valence-electron chi connectivity index (χ0n) is 17.4. The average molecular weight is 412 g/mol. The molecule has 9 heteroatoms. The number of aromatic nitrogens is 3. The van der Waals surface area contributed by atoms with E-state index in [-0.39, 0.29) is 11.0 Å². The number of hydrogen-bond donors (Lipinski definition) is 1. The highest BCUT2D eigenvalue weighted by molar-refractivity contribution is 5.91. The molecule has 0 unspecified atom stereocenters. The molecule has 9 nitrogen and oxygen atoms in total. The molecule has 0 aliphatic heterocycles. The van der Waals surface area contributed by atoms with Crippen molar-refractivity contribution in [3.05, 3.63) is 56.9 Å². The number of carbonyl (C=O) groups is 1. The van der Waals surface area contributed by atoms with Crippen molar-refractivity contribution in [1.29, 1.82) is 0 Å². The number of anilines is 1. The molecule has 0 aliphatic carbocycles. The lowest BCUT2D eigenvalue weighted by molar-refractivity contribution is -0.116. The summed E-state index contributed by atoms with van der Waals surface area (Å²) in [6.45, 7) is 3.90. The molecule has 2 aromatic heterocycles. The van der Waals surface area contributed by atoms with E-state index in [9.17, 15) is 14.4 Å². The summed E-state index contributed by atoms with van der Waals surface area (Å²) < 4.78 is 12.9. The van der Waals surface area contributed by atoms with Gasteiger partial charge in [-0.1, -0.05) is 6.92 Å². The minimum atomic E-state index is -0.631. The van der Waals surface area contributed by atoms with Crippen LogP contribution >= 0.6 is 0 Å². The van der Waals surface area contributed by atoms with Gasteiger partial charge in [0.05, 0.1) is 13.7 Å². The van der Waals surface area contributed by atoms with Crippen LogP contribution in [-0.4, -0.2) is 33.7 Å². The van der Waals surface area contributed by atoms with Gasteiger partial charge in [-0.25, -0.2) is 14.3 Å². The van der Waals surface area contributed by atoms with E-state index in [0.29, 0.717) is 30.2 Å².